The zero-order chi connectivity index (χ0) is 25.1. The van der Waals surface area contributed by atoms with E-state index in [0.717, 1.165) is 56.1 Å². The Morgan fingerprint density at radius 3 is 2.22 bits per heavy atom. The van der Waals surface area contributed by atoms with Crippen LogP contribution in [0.4, 0.5) is 0 Å². The van der Waals surface area contributed by atoms with Crippen molar-refractivity contribution in [3.63, 3.8) is 0 Å². The number of ether oxygens (including phenoxy) is 4. The van der Waals surface area contributed by atoms with Crippen molar-refractivity contribution in [2.45, 2.75) is 18.8 Å². The van der Waals surface area contributed by atoms with Crippen LogP contribution in [0.5, 0.6) is 11.5 Å². The highest BCUT2D eigenvalue weighted by Crippen LogP contribution is 2.43. The molecule has 0 aromatic heterocycles. The summed E-state index contributed by atoms with van der Waals surface area (Å²) in [6.45, 7) is 3.36. The van der Waals surface area contributed by atoms with Crippen molar-refractivity contribution in [1.29, 1.82) is 0 Å². The molecule has 0 unspecified atom stereocenters. The minimum atomic E-state index is -1.88. The molecule has 1 spiro atoms. The molecule has 3 aliphatic rings. The normalized spacial score (nSPS) is 19.6. The third-order valence-corrected chi connectivity index (χ3v) is 6.82. The molecule has 36 heavy (non-hydrogen) atoms. The fraction of sp³-hybridized carbons (Fsp3) is 0.370. The number of esters is 2. The number of hydrogen-bond donors (Lipinski definition) is 0. The molecule has 5 rings (SSSR count). The maximum atomic E-state index is 13.3. The van der Waals surface area contributed by atoms with E-state index < -0.39 is 17.8 Å². The first-order chi connectivity index (χ1) is 17.5. The number of piperidine rings is 1. The highest BCUT2D eigenvalue weighted by Gasteiger charge is 2.57. The molecule has 1 amide bonds. The molecule has 3 aliphatic heterocycles. The molecule has 188 valence electrons. The molecule has 1 saturated heterocycles. The lowest BCUT2D eigenvalue weighted by Crippen LogP contribution is -2.52. The van der Waals surface area contributed by atoms with Crippen LogP contribution in [0.1, 0.15) is 28.8 Å². The molecule has 0 N–H and O–H groups in total. The molecule has 0 saturated carbocycles. The van der Waals surface area contributed by atoms with Crippen molar-refractivity contribution in [2.24, 2.45) is 5.92 Å². The Morgan fingerprint density at radius 2 is 1.56 bits per heavy atom. The maximum absolute atomic E-state index is 13.3. The molecular weight excluding hydrogens is 464 g/mol. The number of nitrogens with zero attached hydrogens (tertiary/aromatic N) is 2. The summed E-state index contributed by atoms with van der Waals surface area (Å²) >= 11 is 0. The van der Waals surface area contributed by atoms with E-state index in [1.165, 1.54) is 4.90 Å². The van der Waals surface area contributed by atoms with Crippen molar-refractivity contribution in [3.8, 4) is 11.5 Å². The van der Waals surface area contributed by atoms with Gasteiger partial charge in [-0.1, -0.05) is 12.1 Å². The topological polar surface area (TPSA) is 94.6 Å². The summed E-state index contributed by atoms with van der Waals surface area (Å²) in [6.07, 6.45) is 3.73. The van der Waals surface area contributed by atoms with Crippen LogP contribution in [0.25, 0.3) is 0 Å². The average molecular weight is 493 g/mol. The summed E-state index contributed by atoms with van der Waals surface area (Å²) < 4.78 is 22.2. The van der Waals surface area contributed by atoms with E-state index in [2.05, 4.69) is 4.90 Å². The number of carbonyl (C=O) groups is 3. The Balaban J connectivity index is 1.20. The number of carbonyl (C=O) groups excluding carboxylic acids is 3. The van der Waals surface area contributed by atoms with Crippen LogP contribution >= 0.6 is 0 Å². The highest BCUT2D eigenvalue weighted by molar-refractivity contribution is 6.01. The van der Waals surface area contributed by atoms with Gasteiger partial charge in [0.2, 0.25) is 0 Å². The van der Waals surface area contributed by atoms with Gasteiger partial charge in [0.15, 0.2) is 0 Å². The van der Waals surface area contributed by atoms with Crippen molar-refractivity contribution in [2.75, 3.05) is 39.9 Å². The van der Waals surface area contributed by atoms with Gasteiger partial charge in [0.25, 0.3) is 5.91 Å². The standard InChI is InChI=1S/C27H28N2O7/c1-33-20-6-8-21(9-7-20)34-17-16-28-14-12-19(13-15-28)18-29-26(32)22-4-2-3-5-23(22)27(29)35-24(30)10-11-25(31)36-27/h2-11,19H,12-18H2,1H3. The third-order valence-electron chi connectivity index (χ3n) is 6.82. The van der Waals surface area contributed by atoms with Crippen LogP contribution in [0.2, 0.25) is 0 Å². The van der Waals surface area contributed by atoms with Gasteiger partial charge >= 0.3 is 17.8 Å². The van der Waals surface area contributed by atoms with Crippen LogP contribution in [0.3, 0.4) is 0 Å². The van der Waals surface area contributed by atoms with E-state index in [4.69, 9.17) is 18.9 Å². The van der Waals surface area contributed by atoms with Gasteiger partial charge in [-0.15, -0.1) is 0 Å². The fourth-order valence-corrected chi connectivity index (χ4v) is 4.91. The van der Waals surface area contributed by atoms with Crippen LogP contribution in [-0.4, -0.2) is 67.5 Å². The maximum Gasteiger partial charge on any atom is 0.375 e. The molecule has 2 aromatic carbocycles. The number of rotatable bonds is 7. The first-order valence-electron chi connectivity index (χ1n) is 12.0. The lowest BCUT2D eigenvalue weighted by Gasteiger charge is -2.39. The second-order valence-electron chi connectivity index (χ2n) is 9.03. The van der Waals surface area contributed by atoms with E-state index in [1.807, 2.05) is 24.3 Å². The minimum absolute atomic E-state index is 0.160. The van der Waals surface area contributed by atoms with Crippen LogP contribution in [0.15, 0.2) is 60.7 Å². The second-order valence-corrected chi connectivity index (χ2v) is 9.03. The Labute approximate surface area is 209 Å². The first-order valence-corrected chi connectivity index (χ1v) is 12.0. The number of fused-ring (bicyclic) bond motifs is 2. The predicted molar refractivity (Wildman–Crippen MR) is 128 cm³/mol. The summed E-state index contributed by atoms with van der Waals surface area (Å²) in [5.41, 5.74) is 0.738. The molecule has 0 aliphatic carbocycles. The zero-order valence-electron chi connectivity index (χ0n) is 20.1. The van der Waals surface area contributed by atoms with Gasteiger partial charge < -0.3 is 18.9 Å². The fourth-order valence-electron chi connectivity index (χ4n) is 4.91. The van der Waals surface area contributed by atoms with Gasteiger partial charge in [-0.05, 0) is 68.2 Å². The molecule has 0 radical (unpaired) electrons. The largest absolute Gasteiger partial charge is 0.497 e. The van der Waals surface area contributed by atoms with Gasteiger partial charge in [0, 0.05) is 25.2 Å². The van der Waals surface area contributed by atoms with Crippen LogP contribution in [-0.2, 0) is 25.0 Å². The average Bonchev–Trinajstić information content (AvgIpc) is 3.00. The predicted octanol–water partition coefficient (Wildman–Crippen LogP) is 2.71. The highest BCUT2D eigenvalue weighted by atomic mass is 16.8. The van der Waals surface area contributed by atoms with E-state index in [1.54, 1.807) is 31.4 Å². The molecule has 9 heteroatoms. The summed E-state index contributed by atoms with van der Waals surface area (Å²) in [5, 5.41) is 0. The Bertz CT molecular complexity index is 1150. The van der Waals surface area contributed by atoms with Gasteiger partial charge in [-0.2, -0.15) is 0 Å². The van der Waals surface area contributed by atoms with E-state index in [-0.39, 0.29) is 11.8 Å². The van der Waals surface area contributed by atoms with Gasteiger partial charge in [0.05, 0.1) is 18.2 Å². The Hall–Kier alpha value is -3.85. The van der Waals surface area contributed by atoms with E-state index >= 15 is 0 Å². The van der Waals surface area contributed by atoms with Crippen molar-refractivity contribution >= 4 is 17.8 Å². The summed E-state index contributed by atoms with van der Waals surface area (Å²) in [4.78, 5) is 41.7. The molecule has 2 aromatic rings. The molecule has 9 nitrogen and oxygen atoms in total. The summed E-state index contributed by atoms with van der Waals surface area (Å²) in [7, 11) is 1.63. The van der Waals surface area contributed by atoms with Crippen molar-refractivity contribution in [1.82, 2.24) is 9.80 Å². The zero-order valence-corrected chi connectivity index (χ0v) is 20.1. The SMILES string of the molecule is COc1ccc(OCCN2CCC(CN3C(=O)c4ccccc4C34OC(=O)C=CC(=O)O4)CC2)cc1. The molecule has 3 heterocycles. The summed E-state index contributed by atoms with van der Waals surface area (Å²) in [6, 6.07) is 14.3. The quantitative estimate of drug-likeness (QED) is 0.545. The number of hydrogen-bond acceptors (Lipinski definition) is 8. The van der Waals surface area contributed by atoms with Crippen molar-refractivity contribution < 1.29 is 33.3 Å². The number of amides is 1. The second kappa shape index (κ2) is 10.0. The number of methoxy groups -OCH3 is 1. The number of likely N-dealkylation sites (tertiary alicyclic amines) is 1. The smallest absolute Gasteiger partial charge is 0.375 e. The molecule has 0 atom stereocenters. The van der Waals surface area contributed by atoms with E-state index in [9.17, 15) is 14.4 Å². The minimum Gasteiger partial charge on any atom is -0.497 e. The van der Waals surface area contributed by atoms with Gasteiger partial charge in [-0.3, -0.25) is 14.6 Å². The molecular formula is C27H28N2O7. The summed E-state index contributed by atoms with van der Waals surface area (Å²) in [5.74, 6) is -1.92. The third kappa shape index (κ3) is 4.66. The lowest BCUT2D eigenvalue weighted by atomic mass is 9.96. The van der Waals surface area contributed by atoms with Crippen molar-refractivity contribution in [3.05, 3.63) is 71.8 Å². The van der Waals surface area contributed by atoms with E-state index in [0.29, 0.717) is 24.3 Å². The lowest BCUT2D eigenvalue weighted by molar-refractivity contribution is -0.275. The molecule has 0 bridgehead atoms. The van der Waals surface area contributed by atoms with Crippen LogP contribution < -0.4 is 9.47 Å². The van der Waals surface area contributed by atoms with Crippen LogP contribution in [0, 0.1) is 5.92 Å². The number of benzene rings is 2. The van der Waals surface area contributed by atoms with Gasteiger partial charge in [-0.25, -0.2) is 9.59 Å². The van der Waals surface area contributed by atoms with Gasteiger partial charge in [0.1, 0.15) is 18.1 Å². The monoisotopic (exact) mass is 492 g/mol. The Morgan fingerprint density at radius 1 is 0.917 bits per heavy atom. The first kappa shape index (κ1) is 23.9. The Kier molecular flexibility index (Phi) is 6.65. The molecule has 1 fully saturated rings.